The van der Waals surface area contributed by atoms with Gasteiger partial charge in [0.25, 0.3) is 0 Å². The summed E-state index contributed by atoms with van der Waals surface area (Å²) in [5, 5.41) is 0. The number of hydrogen-bond acceptors (Lipinski definition) is 1. The summed E-state index contributed by atoms with van der Waals surface area (Å²) in [4.78, 5) is 14.5. The summed E-state index contributed by atoms with van der Waals surface area (Å²) in [5.74, 6) is 0.271. The Morgan fingerprint density at radius 1 is 1.14 bits per heavy atom. The normalized spacial score (nSPS) is 16.1. The van der Waals surface area contributed by atoms with Crippen LogP contribution >= 0.6 is 0 Å². The highest BCUT2D eigenvalue weighted by molar-refractivity contribution is 5.77. The minimum absolute atomic E-state index is 0.0907. The van der Waals surface area contributed by atoms with Gasteiger partial charge < -0.3 is 9.47 Å². The van der Waals surface area contributed by atoms with Gasteiger partial charge in [-0.25, -0.2) is 0 Å². The van der Waals surface area contributed by atoms with E-state index in [0.717, 1.165) is 25.9 Å². The Labute approximate surface area is 126 Å². The first-order valence-electron chi connectivity index (χ1n) is 7.71. The minimum atomic E-state index is 0.0907. The second kappa shape index (κ2) is 6.17. The van der Waals surface area contributed by atoms with Crippen molar-refractivity contribution in [2.24, 2.45) is 0 Å². The van der Waals surface area contributed by atoms with Crippen molar-refractivity contribution in [3.05, 3.63) is 59.9 Å². The van der Waals surface area contributed by atoms with E-state index in [9.17, 15) is 4.79 Å². The standard InChI is InChI=1S/C18H22N2O/c1-15-7-6-8-16(13-15)17(19-9-2-3-10-19)14-18(21)20-11-4-5-12-20/h2-3,6-10,13,17H,4-5,11-12,14H2,1H3/t17-/m0/s1. The van der Waals surface area contributed by atoms with E-state index in [4.69, 9.17) is 0 Å². The Balaban J connectivity index is 1.84. The van der Waals surface area contributed by atoms with Gasteiger partial charge in [0.05, 0.1) is 12.5 Å². The van der Waals surface area contributed by atoms with Crippen LogP contribution in [0.1, 0.15) is 36.4 Å². The molecule has 1 fully saturated rings. The summed E-state index contributed by atoms with van der Waals surface area (Å²) in [7, 11) is 0. The molecule has 0 radical (unpaired) electrons. The van der Waals surface area contributed by atoms with Gasteiger partial charge in [0, 0.05) is 25.5 Å². The molecule has 0 N–H and O–H groups in total. The zero-order valence-electron chi connectivity index (χ0n) is 12.5. The van der Waals surface area contributed by atoms with E-state index in [1.165, 1.54) is 11.1 Å². The lowest BCUT2D eigenvalue weighted by atomic mass is 10.0. The van der Waals surface area contributed by atoms with Gasteiger partial charge >= 0.3 is 0 Å². The van der Waals surface area contributed by atoms with Crippen molar-refractivity contribution in [1.82, 2.24) is 9.47 Å². The number of aromatic nitrogens is 1. The molecule has 0 spiro atoms. The van der Waals surface area contributed by atoms with Gasteiger partial charge in [0.1, 0.15) is 0 Å². The first-order valence-corrected chi connectivity index (χ1v) is 7.71. The van der Waals surface area contributed by atoms with Gasteiger partial charge in [-0.05, 0) is 37.5 Å². The van der Waals surface area contributed by atoms with Crippen LogP contribution in [0.5, 0.6) is 0 Å². The Kier molecular flexibility index (Phi) is 4.09. The maximum absolute atomic E-state index is 12.5. The second-order valence-electron chi connectivity index (χ2n) is 5.85. The van der Waals surface area contributed by atoms with Crippen molar-refractivity contribution >= 4 is 5.91 Å². The Bertz CT molecular complexity index is 597. The number of carbonyl (C=O) groups is 1. The van der Waals surface area contributed by atoms with Gasteiger partial charge in [0.15, 0.2) is 0 Å². The van der Waals surface area contributed by atoms with Gasteiger partial charge in [0.2, 0.25) is 5.91 Å². The fourth-order valence-electron chi connectivity index (χ4n) is 3.09. The number of nitrogens with zero attached hydrogens (tertiary/aromatic N) is 2. The smallest absolute Gasteiger partial charge is 0.225 e. The van der Waals surface area contributed by atoms with E-state index in [-0.39, 0.29) is 11.9 Å². The Hall–Kier alpha value is -2.03. The number of benzene rings is 1. The second-order valence-corrected chi connectivity index (χ2v) is 5.85. The van der Waals surface area contributed by atoms with Crippen LogP contribution in [0.3, 0.4) is 0 Å². The number of likely N-dealkylation sites (tertiary alicyclic amines) is 1. The number of hydrogen-bond donors (Lipinski definition) is 0. The molecule has 2 heterocycles. The molecule has 21 heavy (non-hydrogen) atoms. The lowest BCUT2D eigenvalue weighted by Gasteiger charge is -2.23. The van der Waals surface area contributed by atoms with Crippen molar-refractivity contribution in [1.29, 1.82) is 0 Å². The van der Waals surface area contributed by atoms with E-state index in [0.29, 0.717) is 6.42 Å². The van der Waals surface area contributed by atoms with Gasteiger partial charge in [-0.3, -0.25) is 4.79 Å². The van der Waals surface area contributed by atoms with E-state index < -0.39 is 0 Å². The van der Waals surface area contributed by atoms with Gasteiger partial charge in [-0.1, -0.05) is 29.8 Å². The molecule has 1 amide bonds. The van der Waals surface area contributed by atoms with E-state index in [1.54, 1.807) is 0 Å². The van der Waals surface area contributed by atoms with E-state index >= 15 is 0 Å². The molecule has 1 aromatic heterocycles. The predicted octanol–water partition coefficient (Wildman–Crippen LogP) is 3.40. The summed E-state index contributed by atoms with van der Waals surface area (Å²) >= 11 is 0. The fraction of sp³-hybridized carbons (Fsp3) is 0.389. The molecule has 0 saturated carbocycles. The predicted molar refractivity (Wildman–Crippen MR) is 84.2 cm³/mol. The van der Waals surface area contributed by atoms with E-state index in [2.05, 4.69) is 35.8 Å². The monoisotopic (exact) mass is 282 g/mol. The molecule has 0 unspecified atom stereocenters. The number of aryl methyl sites for hydroxylation is 1. The molecule has 3 heteroatoms. The zero-order chi connectivity index (χ0) is 14.7. The van der Waals surface area contributed by atoms with Gasteiger partial charge in [-0.15, -0.1) is 0 Å². The fourth-order valence-corrected chi connectivity index (χ4v) is 3.09. The number of carbonyl (C=O) groups excluding carboxylic acids is 1. The van der Waals surface area contributed by atoms with Crippen molar-refractivity contribution in [3.8, 4) is 0 Å². The summed E-state index contributed by atoms with van der Waals surface area (Å²) < 4.78 is 2.14. The van der Waals surface area contributed by atoms with Crippen LogP contribution in [0.4, 0.5) is 0 Å². The largest absolute Gasteiger partial charge is 0.346 e. The molecule has 0 aliphatic carbocycles. The van der Waals surface area contributed by atoms with Crippen molar-refractivity contribution in [3.63, 3.8) is 0 Å². The lowest BCUT2D eigenvalue weighted by molar-refractivity contribution is -0.130. The number of amides is 1. The lowest BCUT2D eigenvalue weighted by Crippen LogP contribution is -2.30. The molecule has 2 aromatic rings. The third-order valence-corrected chi connectivity index (χ3v) is 4.24. The summed E-state index contributed by atoms with van der Waals surface area (Å²) in [5.41, 5.74) is 2.44. The highest BCUT2D eigenvalue weighted by atomic mass is 16.2. The van der Waals surface area contributed by atoms with Crippen molar-refractivity contribution in [2.45, 2.75) is 32.2 Å². The zero-order valence-corrected chi connectivity index (χ0v) is 12.5. The van der Waals surface area contributed by atoms with Crippen LogP contribution in [0.25, 0.3) is 0 Å². The molecule has 1 atom stereocenters. The highest BCUT2D eigenvalue weighted by Gasteiger charge is 2.23. The highest BCUT2D eigenvalue weighted by Crippen LogP contribution is 2.25. The van der Waals surface area contributed by atoms with Crippen LogP contribution in [0, 0.1) is 6.92 Å². The third kappa shape index (κ3) is 3.18. The molecule has 1 aromatic carbocycles. The SMILES string of the molecule is Cc1cccc([C@H](CC(=O)N2CCCC2)n2cccc2)c1. The summed E-state index contributed by atoms with van der Waals surface area (Å²) in [6, 6.07) is 12.6. The molecule has 3 rings (SSSR count). The molecule has 1 aliphatic rings. The van der Waals surface area contributed by atoms with Crippen molar-refractivity contribution < 1.29 is 4.79 Å². The van der Waals surface area contributed by atoms with E-state index in [1.807, 2.05) is 29.4 Å². The third-order valence-electron chi connectivity index (χ3n) is 4.24. The van der Waals surface area contributed by atoms with Crippen molar-refractivity contribution in [2.75, 3.05) is 13.1 Å². The van der Waals surface area contributed by atoms with Crippen LogP contribution < -0.4 is 0 Å². The minimum Gasteiger partial charge on any atom is -0.346 e. The first-order chi connectivity index (χ1) is 10.2. The summed E-state index contributed by atoms with van der Waals surface area (Å²) in [6.45, 7) is 3.94. The van der Waals surface area contributed by atoms with Crippen LogP contribution in [0.2, 0.25) is 0 Å². The van der Waals surface area contributed by atoms with Gasteiger partial charge in [-0.2, -0.15) is 0 Å². The quantitative estimate of drug-likeness (QED) is 0.843. The topological polar surface area (TPSA) is 25.2 Å². The molecule has 1 aliphatic heterocycles. The first kappa shape index (κ1) is 13.9. The molecule has 0 bridgehead atoms. The number of rotatable bonds is 4. The Morgan fingerprint density at radius 2 is 1.86 bits per heavy atom. The average Bonchev–Trinajstić information content (AvgIpc) is 3.17. The maximum Gasteiger partial charge on any atom is 0.225 e. The molecular weight excluding hydrogens is 260 g/mol. The molecule has 3 nitrogen and oxygen atoms in total. The Morgan fingerprint density at radius 3 is 2.52 bits per heavy atom. The molecule has 110 valence electrons. The maximum atomic E-state index is 12.5. The van der Waals surface area contributed by atoms with Crippen LogP contribution in [-0.4, -0.2) is 28.5 Å². The average molecular weight is 282 g/mol. The summed E-state index contributed by atoms with van der Waals surface area (Å²) in [6.07, 6.45) is 6.92. The molecule has 1 saturated heterocycles. The van der Waals surface area contributed by atoms with Crippen LogP contribution in [-0.2, 0) is 4.79 Å². The van der Waals surface area contributed by atoms with Crippen LogP contribution in [0.15, 0.2) is 48.8 Å². The molecular formula is C18H22N2O.